The first-order chi connectivity index (χ1) is 35.7. The number of ether oxygens (including phenoxy) is 4. The van der Waals surface area contributed by atoms with E-state index >= 15 is 0 Å². The second-order valence-electron chi connectivity index (χ2n) is 18.3. The van der Waals surface area contributed by atoms with E-state index in [1.165, 1.54) is 44.0 Å². The van der Waals surface area contributed by atoms with Gasteiger partial charge >= 0.3 is 0 Å². The van der Waals surface area contributed by atoms with Crippen molar-refractivity contribution in [2.45, 2.75) is 26.7 Å². The quantitative estimate of drug-likeness (QED) is 0.0260. The fourth-order valence-corrected chi connectivity index (χ4v) is 18.1. The van der Waals surface area contributed by atoms with Crippen molar-refractivity contribution in [1.82, 2.24) is 0 Å². The Morgan fingerprint density at radius 2 is 0.671 bits per heavy atom. The van der Waals surface area contributed by atoms with Crippen molar-refractivity contribution in [2.24, 2.45) is 5.41 Å². The number of hydrogen-bond acceptors (Lipinski definition) is 6. The fourth-order valence-electron chi connectivity index (χ4n) is 9.43. The van der Waals surface area contributed by atoms with Gasteiger partial charge in [-0.05, 0) is 134 Å². The molecule has 0 aromatic heterocycles. The lowest BCUT2D eigenvalue weighted by molar-refractivity contribution is -0.132. The Labute approximate surface area is 433 Å². The van der Waals surface area contributed by atoms with E-state index in [4.69, 9.17) is 18.9 Å². The maximum Gasteiger partial charge on any atom is 0.169 e. The molecular formula is C65H64O6P2+2. The summed E-state index contributed by atoms with van der Waals surface area (Å²) in [7, 11) is -0.752. The molecule has 8 heteroatoms. The average molecular weight is 1000 g/mol. The first-order valence-corrected chi connectivity index (χ1v) is 28.8. The van der Waals surface area contributed by atoms with E-state index in [-0.39, 0.29) is 11.6 Å². The van der Waals surface area contributed by atoms with E-state index in [0.717, 1.165) is 36.3 Å². The van der Waals surface area contributed by atoms with E-state index in [9.17, 15) is 9.59 Å². The highest BCUT2D eigenvalue weighted by molar-refractivity contribution is 7.96. The molecule has 0 radical (unpaired) electrons. The van der Waals surface area contributed by atoms with Gasteiger partial charge in [-0.2, -0.15) is 0 Å². The molecule has 0 unspecified atom stereocenters. The minimum atomic E-state index is -1.99. The van der Waals surface area contributed by atoms with Crippen LogP contribution in [0.5, 0.6) is 23.0 Å². The Kier molecular flexibility index (Phi) is 17.7. The van der Waals surface area contributed by atoms with Crippen molar-refractivity contribution in [3.05, 3.63) is 242 Å². The SMILES string of the molecule is COc1cc(/C=C/C(=O)C(C)(C)C(=O)/C=C/c2ccc(OCCC[P+](c3ccccc3)(c3ccccc3)c3ccccc3)c(OC)c2)ccc1OCCC[P+](c1ccccc1)(c1ccccc1)c1ccccc1. The monoisotopic (exact) mass is 1000 g/mol. The molecule has 73 heavy (non-hydrogen) atoms. The second kappa shape index (κ2) is 24.9. The molecule has 0 fully saturated rings. The van der Waals surface area contributed by atoms with Crippen molar-refractivity contribution in [3.63, 3.8) is 0 Å². The van der Waals surface area contributed by atoms with E-state index in [0.29, 0.717) is 36.2 Å². The zero-order chi connectivity index (χ0) is 50.9. The number of carbonyl (C=O) groups is 2. The minimum absolute atomic E-state index is 0.317. The van der Waals surface area contributed by atoms with Crippen LogP contribution in [-0.2, 0) is 9.59 Å². The Morgan fingerprint density at radius 3 is 0.932 bits per heavy atom. The fraction of sp³-hybridized carbons (Fsp3) is 0.169. The maximum absolute atomic E-state index is 13.6. The molecule has 0 saturated carbocycles. The second-order valence-corrected chi connectivity index (χ2v) is 25.6. The zero-order valence-electron chi connectivity index (χ0n) is 42.2. The van der Waals surface area contributed by atoms with Gasteiger partial charge in [0, 0.05) is 12.8 Å². The number of ketones is 2. The van der Waals surface area contributed by atoms with Crippen molar-refractivity contribution in [1.29, 1.82) is 0 Å². The van der Waals surface area contributed by atoms with Gasteiger partial charge in [-0.15, -0.1) is 0 Å². The van der Waals surface area contributed by atoms with Crippen LogP contribution < -0.4 is 50.8 Å². The van der Waals surface area contributed by atoms with Gasteiger partial charge in [-0.25, -0.2) is 0 Å². The molecule has 6 nitrogen and oxygen atoms in total. The lowest BCUT2D eigenvalue weighted by Gasteiger charge is -2.27. The standard InChI is InChI=1S/C65H64O6P2/c1-65(2,63(66)43-39-51-37-41-59(61(49-51)68-3)70-45-23-47-72(53-25-11-5-12-26-53,54-27-13-6-14-28-54)55-29-15-7-16-30-55)64(67)44-40-52-38-42-60(62(50-52)69-4)71-46-24-48-73(56-31-17-8-18-32-56,57-33-19-9-20-34-57)58-35-21-10-22-36-58/h5-22,25-44,49-50H,23-24,45-48H2,1-4H3/q+2/b43-39+,44-40+. The third-order valence-corrected chi connectivity index (χ3v) is 22.5. The van der Waals surface area contributed by atoms with E-state index in [2.05, 4.69) is 182 Å². The zero-order valence-corrected chi connectivity index (χ0v) is 44.0. The Bertz CT molecular complexity index is 2680. The summed E-state index contributed by atoms with van der Waals surface area (Å²) in [4.78, 5) is 27.2. The van der Waals surface area contributed by atoms with Crippen LogP contribution in [0.25, 0.3) is 12.2 Å². The van der Waals surface area contributed by atoms with Crippen LogP contribution in [-0.4, -0.2) is 51.3 Å². The summed E-state index contributed by atoms with van der Waals surface area (Å²) in [5.74, 6) is 1.74. The van der Waals surface area contributed by atoms with Crippen LogP contribution >= 0.6 is 14.5 Å². The summed E-state index contributed by atoms with van der Waals surface area (Å²) in [5, 5.41) is 8.03. The number of hydrogen-bond donors (Lipinski definition) is 0. The number of allylic oxidation sites excluding steroid dienone is 2. The van der Waals surface area contributed by atoms with Gasteiger partial charge in [-0.3, -0.25) is 9.59 Å². The average Bonchev–Trinajstić information content (AvgIpc) is 3.45. The van der Waals surface area contributed by atoms with Gasteiger partial charge < -0.3 is 18.9 Å². The van der Waals surface area contributed by atoms with Crippen LogP contribution in [0.2, 0.25) is 0 Å². The molecule has 8 aromatic carbocycles. The molecule has 8 rings (SSSR count). The number of benzene rings is 8. The maximum atomic E-state index is 13.6. The molecule has 0 aliphatic rings. The van der Waals surface area contributed by atoms with Crippen LogP contribution in [0, 0.1) is 5.41 Å². The van der Waals surface area contributed by atoms with Crippen molar-refractivity contribution < 1.29 is 28.5 Å². The van der Waals surface area contributed by atoms with E-state index in [1.54, 1.807) is 40.2 Å². The lowest BCUT2D eigenvalue weighted by Crippen LogP contribution is -2.33. The van der Waals surface area contributed by atoms with Crippen LogP contribution in [0.1, 0.15) is 37.8 Å². The first kappa shape index (κ1) is 52.0. The summed E-state index contributed by atoms with van der Waals surface area (Å²) in [5.41, 5.74) is 0.191. The van der Waals surface area contributed by atoms with Crippen LogP contribution in [0.15, 0.2) is 231 Å². The normalized spacial score (nSPS) is 11.9. The lowest BCUT2D eigenvalue weighted by atomic mass is 9.82. The summed E-state index contributed by atoms with van der Waals surface area (Å²) < 4.78 is 24.3. The van der Waals surface area contributed by atoms with E-state index < -0.39 is 19.9 Å². The number of carbonyl (C=O) groups excluding carboxylic acids is 2. The molecule has 0 aliphatic heterocycles. The molecule has 0 saturated heterocycles. The van der Waals surface area contributed by atoms with Crippen molar-refractivity contribution in [2.75, 3.05) is 39.8 Å². The topological polar surface area (TPSA) is 71.1 Å². The third kappa shape index (κ3) is 12.1. The Balaban J connectivity index is 0.877. The minimum Gasteiger partial charge on any atom is -0.493 e. The first-order valence-electron chi connectivity index (χ1n) is 24.9. The molecule has 0 aliphatic carbocycles. The third-order valence-electron chi connectivity index (χ3n) is 13.4. The van der Waals surface area contributed by atoms with Crippen LogP contribution in [0.3, 0.4) is 0 Å². The molecular weight excluding hydrogens is 939 g/mol. The summed E-state index contributed by atoms with van der Waals surface area (Å²) >= 11 is 0. The Hall–Kier alpha value is -7.36. The predicted octanol–water partition coefficient (Wildman–Crippen LogP) is 12.1. The smallest absolute Gasteiger partial charge is 0.169 e. The molecule has 0 N–H and O–H groups in total. The summed E-state index contributed by atoms with van der Waals surface area (Å²) in [6, 6.07) is 76.3. The summed E-state index contributed by atoms with van der Waals surface area (Å²) in [6.45, 7) is 4.29. The molecule has 0 amide bonds. The van der Waals surface area contributed by atoms with Gasteiger partial charge in [0.2, 0.25) is 0 Å². The molecule has 368 valence electrons. The van der Waals surface area contributed by atoms with Crippen molar-refractivity contribution in [3.8, 4) is 23.0 Å². The van der Waals surface area contributed by atoms with E-state index in [1.807, 2.05) is 36.4 Å². The van der Waals surface area contributed by atoms with Crippen molar-refractivity contribution >= 4 is 70.1 Å². The van der Waals surface area contributed by atoms with Gasteiger partial charge in [0.15, 0.2) is 34.6 Å². The highest BCUT2D eigenvalue weighted by Crippen LogP contribution is 2.57. The largest absolute Gasteiger partial charge is 0.493 e. The Morgan fingerprint density at radius 1 is 0.397 bits per heavy atom. The molecule has 0 atom stereocenters. The molecule has 0 heterocycles. The number of rotatable bonds is 24. The van der Waals surface area contributed by atoms with Gasteiger partial charge in [-0.1, -0.05) is 133 Å². The molecule has 8 aromatic rings. The molecule has 0 spiro atoms. The highest BCUT2D eigenvalue weighted by atomic mass is 31.2. The summed E-state index contributed by atoms with van der Waals surface area (Å²) in [6.07, 6.45) is 9.84. The molecule has 0 bridgehead atoms. The van der Waals surface area contributed by atoms with Gasteiger partial charge in [0.1, 0.15) is 46.4 Å². The highest BCUT2D eigenvalue weighted by Gasteiger charge is 2.46. The predicted molar refractivity (Wildman–Crippen MR) is 308 cm³/mol. The van der Waals surface area contributed by atoms with Gasteiger partial charge in [0.05, 0.1) is 45.2 Å². The van der Waals surface area contributed by atoms with Gasteiger partial charge in [0.25, 0.3) is 0 Å². The number of methoxy groups -OCH3 is 2. The van der Waals surface area contributed by atoms with Crippen LogP contribution in [0.4, 0.5) is 0 Å².